The number of hydrogen-bond acceptors (Lipinski definition) is 5. The summed E-state index contributed by atoms with van der Waals surface area (Å²) in [6.45, 7) is 2.12. The van der Waals surface area contributed by atoms with Crippen molar-refractivity contribution in [2.75, 3.05) is 17.7 Å². The molecule has 0 atom stereocenters. The molecule has 0 fully saturated rings. The minimum absolute atomic E-state index is 0.547. The van der Waals surface area contributed by atoms with Gasteiger partial charge in [-0.25, -0.2) is 9.97 Å². The maximum absolute atomic E-state index is 4.22. The third-order valence-electron chi connectivity index (χ3n) is 2.44. The molecule has 5 heteroatoms. The van der Waals surface area contributed by atoms with Crippen LogP contribution in [0.3, 0.4) is 0 Å². The highest BCUT2D eigenvalue weighted by Crippen LogP contribution is 2.18. The zero-order valence-electron chi connectivity index (χ0n) is 9.94. The lowest BCUT2D eigenvalue weighted by atomic mass is 10.1. The van der Waals surface area contributed by atoms with Crippen molar-refractivity contribution in [3.63, 3.8) is 0 Å². The van der Waals surface area contributed by atoms with Gasteiger partial charge in [0, 0.05) is 12.7 Å². The first-order valence-electron chi connectivity index (χ1n) is 5.55. The first kappa shape index (κ1) is 11.3. The summed E-state index contributed by atoms with van der Waals surface area (Å²) in [6.07, 6.45) is 2.45. The second-order valence-electron chi connectivity index (χ2n) is 3.52. The predicted molar refractivity (Wildman–Crippen MR) is 68.5 cm³/mol. The number of anilines is 3. The molecule has 2 aromatic rings. The molecule has 2 rings (SSSR count). The van der Waals surface area contributed by atoms with Gasteiger partial charge in [0.2, 0.25) is 11.9 Å². The van der Waals surface area contributed by atoms with Gasteiger partial charge in [-0.2, -0.15) is 4.98 Å². The number of aryl methyl sites for hydroxylation is 1. The number of benzene rings is 1. The van der Waals surface area contributed by atoms with E-state index in [0.717, 1.165) is 12.1 Å². The van der Waals surface area contributed by atoms with Crippen molar-refractivity contribution in [3.8, 4) is 0 Å². The van der Waals surface area contributed by atoms with Crippen LogP contribution in [-0.2, 0) is 6.42 Å². The minimum atomic E-state index is 0.547. The molecule has 17 heavy (non-hydrogen) atoms. The molecule has 1 aromatic carbocycles. The van der Waals surface area contributed by atoms with Crippen molar-refractivity contribution in [2.24, 2.45) is 0 Å². The Labute approximate surface area is 100 Å². The number of aromatic nitrogens is 3. The molecule has 2 N–H and O–H groups in total. The van der Waals surface area contributed by atoms with Crippen molar-refractivity contribution in [1.82, 2.24) is 15.0 Å². The van der Waals surface area contributed by atoms with Gasteiger partial charge in [0.15, 0.2) is 0 Å². The zero-order valence-corrected chi connectivity index (χ0v) is 9.94. The Morgan fingerprint density at radius 2 is 1.88 bits per heavy atom. The van der Waals surface area contributed by atoms with Crippen LogP contribution in [0.15, 0.2) is 30.6 Å². The Bertz CT molecular complexity index is 498. The summed E-state index contributed by atoms with van der Waals surface area (Å²) in [5.74, 6) is 1.10. The first-order valence-corrected chi connectivity index (χ1v) is 5.55. The van der Waals surface area contributed by atoms with Crippen LogP contribution in [0, 0.1) is 0 Å². The molecule has 0 saturated heterocycles. The highest BCUT2D eigenvalue weighted by molar-refractivity contribution is 5.58. The number of para-hydroxylation sites is 1. The lowest BCUT2D eigenvalue weighted by Gasteiger charge is -2.09. The molecule has 0 aliphatic carbocycles. The largest absolute Gasteiger partial charge is 0.357 e. The van der Waals surface area contributed by atoms with Gasteiger partial charge in [0.1, 0.15) is 6.33 Å². The topological polar surface area (TPSA) is 62.7 Å². The molecule has 0 saturated carbocycles. The van der Waals surface area contributed by atoms with Crippen LogP contribution in [0.4, 0.5) is 17.6 Å². The fourth-order valence-corrected chi connectivity index (χ4v) is 1.55. The molecule has 0 aliphatic heterocycles. The van der Waals surface area contributed by atoms with Crippen molar-refractivity contribution in [3.05, 3.63) is 36.2 Å². The molecule has 0 unspecified atom stereocenters. The number of hydrogen-bond donors (Lipinski definition) is 2. The van der Waals surface area contributed by atoms with Crippen molar-refractivity contribution < 1.29 is 0 Å². The average molecular weight is 229 g/mol. The third kappa shape index (κ3) is 2.69. The van der Waals surface area contributed by atoms with Crippen molar-refractivity contribution >= 4 is 17.6 Å². The molecular formula is C12H15N5. The van der Waals surface area contributed by atoms with Gasteiger partial charge in [-0.15, -0.1) is 0 Å². The van der Waals surface area contributed by atoms with Crippen LogP contribution in [0.2, 0.25) is 0 Å². The van der Waals surface area contributed by atoms with E-state index in [9.17, 15) is 0 Å². The first-order chi connectivity index (χ1) is 8.33. The average Bonchev–Trinajstić information content (AvgIpc) is 2.39. The SMILES string of the molecule is CCc1ccccc1Nc1ncnc(NC)n1. The van der Waals surface area contributed by atoms with E-state index < -0.39 is 0 Å². The van der Waals surface area contributed by atoms with Gasteiger partial charge >= 0.3 is 0 Å². The highest BCUT2D eigenvalue weighted by Gasteiger charge is 2.03. The van der Waals surface area contributed by atoms with Crippen LogP contribution < -0.4 is 10.6 Å². The van der Waals surface area contributed by atoms with Crippen molar-refractivity contribution in [2.45, 2.75) is 13.3 Å². The van der Waals surface area contributed by atoms with Gasteiger partial charge < -0.3 is 10.6 Å². The normalized spacial score (nSPS) is 10.0. The summed E-state index contributed by atoms with van der Waals surface area (Å²) < 4.78 is 0. The quantitative estimate of drug-likeness (QED) is 0.841. The van der Waals surface area contributed by atoms with Gasteiger partial charge in [0.05, 0.1) is 0 Å². The smallest absolute Gasteiger partial charge is 0.232 e. The van der Waals surface area contributed by atoms with Crippen molar-refractivity contribution in [1.29, 1.82) is 0 Å². The van der Waals surface area contributed by atoms with Gasteiger partial charge in [0.25, 0.3) is 0 Å². The molecule has 1 aromatic heterocycles. The highest BCUT2D eigenvalue weighted by atomic mass is 15.2. The summed E-state index contributed by atoms with van der Waals surface area (Å²) in [5, 5.41) is 6.08. The van der Waals surface area contributed by atoms with E-state index in [1.54, 1.807) is 7.05 Å². The predicted octanol–water partition coefficient (Wildman–Crippen LogP) is 2.22. The van der Waals surface area contributed by atoms with E-state index in [1.165, 1.54) is 11.9 Å². The van der Waals surface area contributed by atoms with Crippen LogP contribution >= 0.6 is 0 Å². The lowest BCUT2D eigenvalue weighted by Crippen LogP contribution is -2.03. The molecule has 88 valence electrons. The fraction of sp³-hybridized carbons (Fsp3) is 0.250. The number of nitrogens with zero attached hydrogens (tertiary/aromatic N) is 3. The van der Waals surface area contributed by atoms with Gasteiger partial charge in [-0.1, -0.05) is 25.1 Å². The standard InChI is InChI=1S/C12H15N5/c1-3-9-6-4-5-7-10(9)16-12-15-8-14-11(13-2)17-12/h4-8H,3H2,1-2H3,(H2,13,14,15,16,17). The zero-order chi connectivity index (χ0) is 12.1. The molecule has 0 aliphatic rings. The second-order valence-corrected chi connectivity index (χ2v) is 3.52. The summed E-state index contributed by atoms with van der Waals surface area (Å²) in [4.78, 5) is 12.3. The third-order valence-corrected chi connectivity index (χ3v) is 2.44. The Hall–Kier alpha value is -2.17. The summed E-state index contributed by atoms with van der Waals surface area (Å²) in [5.41, 5.74) is 2.27. The molecule has 0 amide bonds. The van der Waals surface area contributed by atoms with Crippen LogP contribution in [-0.4, -0.2) is 22.0 Å². The summed E-state index contributed by atoms with van der Waals surface area (Å²) in [7, 11) is 1.78. The van der Waals surface area contributed by atoms with E-state index in [-0.39, 0.29) is 0 Å². The van der Waals surface area contributed by atoms with E-state index >= 15 is 0 Å². The maximum atomic E-state index is 4.22. The second kappa shape index (κ2) is 5.25. The summed E-state index contributed by atoms with van der Waals surface area (Å²) >= 11 is 0. The minimum Gasteiger partial charge on any atom is -0.357 e. The molecule has 0 radical (unpaired) electrons. The van der Waals surface area contributed by atoms with E-state index in [4.69, 9.17) is 0 Å². The molecule has 0 bridgehead atoms. The Balaban J connectivity index is 2.24. The van der Waals surface area contributed by atoms with Gasteiger partial charge in [-0.3, -0.25) is 0 Å². The maximum Gasteiger partial charge on any atom is 0.232 e. The monoisotopic (exact) mass is 229 g/mol. The van der Waals surface area contributed by atoms with E-state index in [1.807, 2.05) is 18.2 Å². The molecular weight excluding hydrogens is 214 g/mol. The Kier molecular flexibility index (Phi) is 3.49. The molecule has 5 nitrogen and oxygen atoms in total. The number of nitrogens with one attached hydrogen (secondary N) is 2. The molecule has 1 heterocycles. The van der Waals surface area contributed by atoms with Crippen LogP contribution in [0.5, 0.6) is 0 Å². The number of rotatable bonds is 4. The Morgan fingerprint density at radius 3 is 2.65 bits per heavy atom. The lowest BCUT2D eigenvalue weighted by molar-refractivity contribution is 1.05. The summed E-state index contributed by atoms with van der Waals surface area (Å²) in [6, 6.07) is 8.11. The van der Waals surface area contributed by atoms with E-state index in [2.05, 4.69) is 38.6 Å². The Morgan fingerprint density at radius 1 is 1.12 bits per heavy atom. The molecule has 0 spiro atoms. The van der Waals surface area contributed by atoms with E-state index in [0.29, 0.717) is 11.9 Å². The van der Waals surface area contributed by atoms with Crippen LogP contribution in [0.1, 0.15) is 12.5 Å². The fourth-order valence-electron chi connectivity index (χ4n) is 1.55. The van der Waals surface area contributed by atoms with Crippen LogP contribution in [0.25, 0.3) is 0 Å². The van der Waals surface area contributed by atoms with Gasteiger partial charge in [-0.05, 0) is 18.1 Å².